The number of hydrogen-bond acceptors (Lipinski definition) is 3. The summed E-state index contributed by atoms with van der Waals surface area (Å²) in [5.41, 5.74) is 7.25. The molecule has 1 aliphatic heterocycles. The zero-order chi connectivity index (χ0) is 18.5. The number of carbonyl (C=O) groups excluding carboxylic acids is 2. The standard InChI is InChI=1S/C19H21BrN4O2/c20-15-4-1-3-14(11-15)16(23-19(21)26)12-18(25)24-10-2-5-17(24)13-6-8-22-9-7-13/h1,3-4,6-9,11,16-17H,2,5,10,12H2,(H3,21,23,26)/t16-,17-/m0/s1. The Morgan fingerprint density at radius 2 is 2.08 bits per heavy atom. The van der Waals surface area contributed by atoms with Crippen molar-refractivity contribution < 1.29 is 9.59 Å². The van der Waals surface area contributed by atoms with Crippen molar-refractivity contribution in [1.29, 1.82) is 0 Å². The van der Waals surface area contributed by atoms with Crippen molar-refractivity contribution in [3.63, 3.8) is 0 Å². The number of halogens is 1. The lowest BCUT2D eigenvalue weighted by Gasteiger charge is -2.27. The molecule has 0 aliphatic carbocycles. The third-order valence-electron chi connectivity index (χ3n) is 4.61. The molecule has 3 rings (SSSR count). The molecule has 0 bridgehead atoms. The van der Waals surface area contributed by atoms with Crippen molar-refractivity contribution in [1.82, 2.24) is 15.2 Å². The van der Waals surface area contributed by atoms with Gasteiger partial charge < -0.3 is 16.0 Å². The molecule has 0 unspecified atom stereocenters. The highest BCUT2D eigenvalue weighted by Gasteiger charge is 2.31. The van der Waals surface area contributed by atoms with Gasteiger partial charge in [0.25, 0.3) is 0 Å². The minimum absolute atomic E-state index is 0.00281. The maximum absolute atomic E-state index is 13.0. The van der Waals surface area contributed by atoms with Gasteiger partial charge in [0.15, 0.2) is 0 Å². The molecule has 3 amide bonds. The van der Waals surface area contributed by atoms with E-state index < -0.39 is 12.1 Å². The molecule has 1 aromatic carbocycles. The van der Waals surface area contributed by atoms with E-state index >= 15 is 0 Å². The normalized spacial score (nSPS) is 17.7. The molecule has 0 radical (unpaired) electrons. The van der Waals surface area contributed by atoms with Gasteiger partial charge in [-0.1, -0.05) is 28.1 Å². The molecular weight excluding hydrogens is 396 g/mol. The van der Waals surface area contributed by atoms with Gasteiger partial charge in [-0.2, -0.15) is 0 Å². The van der Waals surface area contributed by atoms with E-state index in [0.717, 1.165) is 28.4 Å². The van der Waals surface area contributed by atoms with Gasteiger partial charge in [0.05, 0.1) is 18.5 Å². The van der Waals surface area contributed by atoms with Crippen molar-refractivity contribution >= 4 is 27.9 Å². The lowest BCUT2D eigenvalue weighted by molar-refractivity contribution is -0.132. The maximum atomic E-state index is 13.0. The molecular formula is C19H21BrN4O2. The van der Waals surface area contributed by atoms with Gasteiger partial charge in [0.1, 0.15) is 0 Å². The molecule has 7 heteroatoms. The second-order valence-electron chi connectivity index (χ2n) is 6.35. The predicted octanol–water partition coefficient (Wildman–Crippen LogP) is 3.31. The number of benzene rings is 1. The third kappa shape index (κ3) is 4.40. The third-order valence-corrected chi connectivity index (χ3v) is 5.10. The summed E-state index contributed by atoms with van der Waals surface area (Å²) < 4.78 is 0.884. The number of rotatable bonds is 5. The van der Waals surface area contributed by atoms with Crippen LogP contribution in [-0.4, -0.2) is 28.4 Å². The number of urea groups is 1. The molecule has 26 heavy (non-hydrogen) atoms. The largest absolute Gasteiger partial charge is 0.352 e. The van der Waals surface area contributed by atoms with Crippen molar-refractivity contribution in [2.24, 2.45) is 5.73 Å². The monoisotopic (exact) mass is 416 g/mol. The van der Waals surface area contributed by atoms with E-state index in [-0.39, 0.29) is 18.4 Å². The number of nitrogens with two attached hydrogens (primary N) is 1. The minimum atomic E-state index is -0.644. The molecule has 2 atom stereocenters. The number of aromatic nitrogens is 1. The maximum Gasteiger partial charge on any atom is 0.312 e. The Bertz CT molecular complexity index is 784. The van der Waals surface area contributed by atoms with Crippen LogP contribution in [0.5, 0.6) is 0 Å². The number of primary amides is 1. The number of likely N-dealkylation sites (tertiary alicyclic amines) is 1. The molecule has 1 aliphatic rings. The summed E-state index contributed by atoms with van der Waals surface area (Å²) in [6.07, 6.45) is 5.55. The number of amides is 3. The molecule has 1 fully saturated rings. The summed E-state index contributed by atoms with van der Waals surface area (Å²) in [6.45, 7) is 0.716. The fourth-order valence-electron chi connectivity index (χ4n) is 3.44. The average molecular weight is 417 g/mol. The highest BCUT2D eigenvalue weighted by molar-refractivity contribution is 9.10. The molecule has 2 heterocycles. The first-order valence-electron chi connectivity index (χ1n) is 8.55. The lowest BCUT2D eigenvalue weighted by Crippen LogP contribution is -2.38. The van der Waals surface area contributed by atoms with Gasteiger partial charge in [0.2, 0.25) is 5.91 Å². The van der Waals surface area contributed by atoms with E-state index in [9.17, 15) is 9.59 Å². The number of carbonyl (C=O) groups is 2. The van der Waals surface area contributed by atoms with Crippen LogP contribution in [0.2, 0.25) is 0 Å². The van der Waals surface area contributed by atoms with Crippen LogP contribution in [0.15, 0.2) is 53.3 Å². The number of hydrogen-bond donors (Lipinski definition) is 2. The Balaban J connectivity index is 1.77. The molecule has 2 aromatic rings. The Hall–Kier alpha value is -2.41. The predicted molar refractivity (Wildman–Crippen MR) is 102 cm³/mol. The Kier molecular flexibility index (Phi) is 5.88. The van der Waals surface area contributed by atoms with Crippen LogP contribution in [0.25, 0.3) is 0 Å². The average Bonchev–Trinajstić information content (AvgIpc) is 3.11. The first-order chi connectivity index (χ1) is 12.5. The zero-order valence-corrected chi connectivity index (χ0v) is 15.9. The summed E-state index contributed by atoms with van der Waals surface area (Å²) in [5, 5.41) is 2.69. The van der Waals surface area contributed by atoms with E-state index in [4.69, 9.17) is 5.73 Å². The summed E-state index contributed by atoms with van der Waals surface area (Å²) in [7, 11) is 0. The second kappa shape index (κ2) is 8.31. The van der Waals surface area contributed by atoms with Crippen LogP contribution in [0.4, 0.5) is 4.79 Å². The Morgan fingerprint density at radius 1 is 1.31 bits per heavy atom. The number of pyridine rings is 1. The van der Waals surface area contributed by atoms with Crippen LogP contribution in [0, 0.1) is 0 Å². The van der Waals surface area contributed by atoms with Crippen molar-refractivity contribution in [3.05, 3.63) is 64.4 Å². The van der Waals surface area contributed by atoms with Gasteiger partial charge in [-0.25, -0.2) is 4.79 Å². The van der Waals surface area contributed by atoms with E-state index in [1.807, 2.05) is 41.3 Å². The second-order valence-corrected chi connectivity index (χ2v) is 7.26. The van der Waals surface area contributed by atoms with Gasteiger partial charge >= 0.3 is 6.03 Å². The first kappa shape index (κ1) is 18.4. The summed E-state index contributed by atoms with van der Waals surface area (Å²) in [6, 6.07) is 10.4. The molecule has 1 saturated heterocycles. The zero-order valence-electron chi connectivity index (χ0n) is 14.3. The van der Waals surface area contributed by atoms with Gasteiger partial charge in [-0.15, -0.1) is 0 Å². The van der Waals surface area contributed by atoms with Crippen LogP contribution >= 0.6 is 15.9 Å². The molecule has 3 N–H and O–H groups in total. The van der Waals surface area contributed by atoms with E-state index in [2.05, 4.69) is 26.2 Å². The van der Waals surface area contributed by atoms with Crippen LogP contribution in [-0.2, 0) is 4.79 Å². The first-order valence-corrected chi connectivity index (χ1v) is 9.34. The fourth-order valence-corrected chi connectivity index (χ4v) is 3.85. The number of nitrogens with one attached hydrogen (secondary N) is 1. The number of nitrogens with zero attached hydrogens (tertiary/aromatic N) is 2. The van der Waals surface area contributed by atoms with E-state index in [0.29, 0.717) is 6.54 Å². The van der Waals surface area contributed by atoms with Crippen LogP contribution in [0.3, 0.4) is 0 Å². The van der Waals surface area contributed by atoms with Gasteiger partial charge in [-0.3, -0.25) is 9.78 Å². The molecule has 0 spiro atoms. The molecule has 0 saturated carbocycles. The molecule has 6 nitrogen and oxygen atoms in total. The van der Waals surface area contributed by atoms with Crippen molar-refractivity contribution in [3.8, 4) is 0 Å². The fraction of sp³-hybridized carbons (Fsp3) is 0.316. The summed E-state index contributed by atoms with van der Waals surface area (Å²) in [4.78, 5) is 30.3. The van der Waals surface area contributed by atoms with Crippen LogP contribution < -0.4 is 11.1 Å². The smallest absolute Gasteiger partial charge is 0.312 e. The summed E-state index contributed by atoms with van der Waals surface area (Å²) in [5.74, 6) is 0.00281. The highest BCUT2D eigenvalue weighted by Crippen LogP contribution is 2.33. The van der Waals surface area contributed by atoms with Gasteiger partial charge in [0, 0.05) is 23.4 Å². The van der Waals surface area contributed by atoms with Crippen molar-refractivity contribution in [2.45, 2.75) is 31.3 Å². The summed E-state index contributed by atoms with van der Waals surface area (Å²) >= 11 is 3.42. The van der Waals surface area contributed by atoms with E-state index in [1.54, 1.807) is 12.4 Å². The molecule has 136 valence electrons. The van der Waals surface area contributed by atoms with E-state index in [1.165, 1.54) is 0 Å². The topological polar surface area (TPSA) is 88.3 Å². The minimum Gasteiger partial charge on any atom is -0.352 e. The highest BCUT2D eigenvalue weighted by atomic mass is 79.9. The molecule has 1 aromatic heterocycles. The lowest BCUT2D eigenvalue weighted by atomic mass is 10.0. The van der Waals surface area contributed by atoms with Crippen LogP contribution in [0.1, 0.15) is 42.5 Å². The Labute approximate surface area is 160 Å². The SMILES string of the molecule is NC(=O)N[C@@H](CC(=O)N1CCC[C@H]1c1ccncc1)c1cccc(Br)c1. The quantitative estimate of drug-likeness (QED) is 0.783. The van der Waals surface area contributed by atoms with Crippen molar-refractivity contribution in [2.75, 3.05) is 6.54 Å². The van der Waals surface area contributed by atoms with Gasteiger partial charge in [-0.05, 0) is 48.2 Å². The Morgan fingerprint density at radius 3 is 2.77 bits per heavy atom.